The first-order valence-electron chi connectivity index (χ1n) is 5.73. The van der Waals surface area contributed by atoms with Crippen LogP contribution in [-0.2, 0) is 6.42 Å². The second-order valence-corrected chi connectivity index (χ2v) is 5.16. The normalized spacial score (nSPS) is 12.1. The molecule has 1 heteroatoms. The largest absolute Gasteiger partial charge is 0.314 e. The molecule has 0 saturated carbocycles. The van der Waals surface area contributed by atoms with Crippen LogP contribution in [0.15, 0.2) is 24.3 Å². The van der Waals surface area contributed by atoms with Gasteiger partial charge in [0.15, 0.2) is 0 Å². The van der Waals surface area contributed by atoms with Gasteiger partial charge in [0, 0.05) is 5.54 Å². The molecule has 0 radical (unpaired) electrons. The molecule has 1 N–H and O–H groups in total. The molecule has 0 aliphatic carbocycles. The summed E-state index contributed by atoms with van der Waals surface area (Å²) in [6, 6.07) is 8.75. The molecule has 0 aliphatic rings. The van der Waals surface area contributed by atoms with E-state index in [9.17, 15) is 0 Å². The van der Waals surface area contributed by atoms with Crippen LogP contribution in [0.4, 0.5) is 0 Å². The molecule has 0 fully saturated rings. The van der Waals surface area contributed by atoms with E-state index >= 15 is 0 Å². The minimum atomic E-state index is 0.172. The van der Waals surface area contributed by atoms with Crippen molar-refractivity contribution in [2.24, 2.45) is 0 Å². The third kappa shape index (κ3) is 3.35. The van der Waals surface area contributed by atoms with Crippen molar-refractivity contribution >= 4 is 0 Å². The van der Waals surface area contributed by atoms with Crippen LogP contribution in [0.2, 0.25) is 0 Å². The van der Waals surface area contributed by atoms with Gasteiger partial charge in [-0.25, -0.2) is 0 Å². The van der Waals surface area contributed by atoms with Crippen molar-refractivity contribution in [3.05, 3.63) is 35.4 Å². The van der Waals surface area contributed by atoms with E-state index in [1.807, 2.05) is 7.05 Å². The van der Waals surface area contributed by atoms with Crippen LogP contribution in [0.3, 0.4) is 0 Å². The van der Waals surface area contributed by atoms with Crippen LogP contribution in [0, 0.1) is 0 Å². The van der Waals surface area contributed by atoms with Crippen LogP contribution in [0.5, 0.6) is 0 Å². The molecule has 0 atom stereocenters. The second-order valence-electron chi connectivity index (χ2n) is 5.16. The Morgan fingerprint density at radius 3 is 2.33 bits per heavy atom. The van der Waals surface area contributed by atoms with Crippen molar-refractivity contribution in [3.63, 3.8) is 0 Å². The van der Waals surface area contributed by atoms with E-state index in [-0.39, 0.29) is 5.54 Å². The highest BCUT2D eigenvalue weighted by Gasteiger charge is 2.17. The monoisotopic (exact) mass is 205 g/mol. The Bertz CT molecular complexity index is 313. The van der Waals surface area contributed by atoms with Crippen LogP contribution in [0.1, 0.15) is 44.7 Å². The fourth-order valence-electron chi connectivity index (χ4n) is 1.82. The van der Waals surface area contributed by atoms with Gasteiger partial charge in [-0.05, 0) is 44.4 Å². The van der Waals surface area contributed by atoms with Gasteiger partial charge in [0.05, 0.1) is 0 Å². The van der Waals surface area contributed by atoms with E-state index in [1.54, 1.807) is 0 Å². The fraction of sp³-hybridized carbons (Fsp3) is 0.571. The molecule has 84 valence electrons. The Labute approximate surface area is 93.9 Å². The number of nitrogens with one attached hydrogen (secondary N) is 1. The minimum Gasteiger partial charge on any atom is -0.314 e. The predicted octanol–water partition coefficient (Wildman–Crippen LogP) is 3.35. The van der Waals surface area contributed by atoms with Crippen molar-refractivity contribution in [3.8, 4) is 0 Å². The van der Waals surface area contributed by atoms with Crippen molar-refractivity contribution < 1.29 is 0 Å². The number of benzene rings is 1. The third-order valence-electron chi connectivity index (χ3n) is 2.99. The quantitative estimate of drug-likeness (QED) is 0.795. The molecule has 1 aromatic rings. The second kappa shape index (κ2) is 4.80. The van der Waals surface area contributed by atoms with Gasteiger partial charge < -0.3 is 5.32 Å². The van der Waals surface area contributed by atoms with Gasteiger partial charge in [0.2, 0.25) is 0 Å². The Morgan fingerprint density at radius 1 is 1.20 bits per heavy atom. The van der Waals surface area contributed by atoms with Crippen molar-refractivity contribution in [1.82, 2.24) is 5.32 Å². The Hall–Kier alpha value is -0.820. The van der Waals surface area contributed by atoms with E-state index in [0.29, 0.717) is 5.92 Å². The molecule has 0 spiro atoms. The zero-order valence-corrected chi connectivity index (χ0v) is 10.6. The van der Waals surface area contributed by atoms with E-state index in [4.69, 9.17) is 0 Å². The molecule has 1 nitrogen and oxygen atoms in total. The highest BCUT2D eigenvalue weighted by Crippen LogP contribution is 2.22. The molecule has 0 aliphatic heterocycles. The summed E-state index contributed by atoms with van der Waals surface area (Å²) in [4.78, 5) is 0. The molecular formula is C14H23N. The average molecular weight is 205 g/mol. The highest BCUT2D eigenvalue weighted by molar-refractivity contribution is 5.31. The lowest BCUT2D eigenvalue weighted by Crippen LogP contribution is -2.38. The van der Waals surface area contributed by atoms with Gasteiger partial charge in [-0.1, -0.05) is 38.1 Å². The minimum absolute atomic E-state index is 0.172. The van der Waals surface area contributed by atoms with Gasteiger partial charge in [-0.15, -0.1) is 0 Å². The lowest BCUT2D eigenvalue weighted by atomic mass is 9.88. The first-order chi connectivity index (χ1) is 6.96. The predicted molar refractivity (Wildman–Crippen MR) is 67.4 cm³/mol. The average Bonchev–Trinajstić information content (AvgIpc) is 2.18. The zero-order valence-electron chi connectivity index (χ0n) is 10.6. The maximum atomic E-state index is 3.36. The van der Waals surface area contributed by atoms with Crippen LogP contribution >= 0.6 is 0 Å². The molecule has 0 aromatic heterocycles. The smallest absolute Gasteiger partial charge is 0.0162 e. The highest BCUT2D eigenvalue weighted by atomic mass is 14.9. The van der Waals surface area contributed by atoms with Gasteiger partial charge in [-0.3, -0.25) is 0 Å². The summed E-state index contributed by atoms with van der Waals surface area (Å²) in [5.74, 6) is 0.605. The van der Waals surface area contributed by atoms with Crippen molar-refractivity contribution in [2.75, 3.05) is 7.05 Å². The fourth-order valence-corrected chi connectivity index (χ4v) is 1.82. The summed E-state index contributed by atoms with van der Waals surface area (Å²) in [5, 5.41) is 3.36. The summed E-state index contributed by atoms with van der Waals surface area (Å²) >= 11 is 0. The van der Waals surface area contributed by atoms with Gasteiger partial charge in [-0.2, -0.15) is 0 Å². The summed E-state index contributed by atoms with van der Waals surface area (Å²) in [6.07, 6.45) is 1.08. The number of rotatable bonds is 4. The summed E-state index contributed by atoms with van der Waals surface area (Å²) in [5.41, 5.74) is 3.11. The number of likely N-dealkylation sites (N-methyl/N-ethyl adjacent to an activating group) is 1. The Kier molecular flexibility index (Phi) is 3.92. The molecule has 1 rings (SSSR count). The van der Waals surface area contributed by atoms with Crippen molar-refractivity contribution in [1.29, 1.82) is 0 Å². The topological polar surface area (TPSA) is 12.0 Å². The lowest BCUT2D eigenvalue weighted by molar-refractivity contribution is 0.420. The van der Waals surface area contributed by atoms with Crippen molar-refractivity contribution in [2.45, 2.75) is 45.6 Å². The van der Waals surface area contributed by atoms with E-state index in [1.165, 1.54) is 11.1 Å². The first kappa shape index (κ1) is 12.3. The van der Waals surface area contributed by atoms with E-state index < -0.39 is 0 Å². The summed E-state index contributed by atoms with van der Waals surface area (Å²) in [7, 11) is 2.03. The van der Waals surface area contributed by atoms with E-state index in [2.05, 4.69) is 57.3 Å². The van der Waals surface area contributed by atoms with Crippen LogP contribution in [-0.4, -0.2) is 12.6 Å². The molecule has 0 unspecified atom stereocenters. The van der Waals surface area contributed by atoms with E-state index in [0.717, 1.165) is 6.42 Å². The first-order valence-corrected chi connectivity index (χ1v) is 5.73. The summed E-state index contributed by atoms with van der Waals surface area (Å²) in [6.45, 7) is 8.99. The zero-order chi connectivity index (χ0) is 11.5. The molecule has 0 saturated heterocycles. The van der Waals surface area contributed by atoms with Gasteiger partial charge in [0.1, 0.15) is 0 Å². The van der Waals surface area contributed by atoms with Gasteiger partial charge >= 0.3 is 0 Å². The molecule has 0 heterocycles. The lowest BCUT2D eigenvalue weighted by Gasteiger charge is -2.26. The molecule has 15 heavy (non-hydrogen) atoms. The molecule has 0 amide bonds. The SMILES string of the molecule is CNC(C)(C)Cc1ccccc1C(C)C. The van der Waals surface area contributed by atoms with Crippen LogP contribution < -0.4 is 5.32 Å². The molecule has 1 aromatic carbocycles. The standard InChI is InChI=1S/C14H23N/c1-11(2)13-9-7-6-8-12(13)10-14(3,4)15-5/h6-9,11,15H,10H2,1-5H3. The summed E-state index contributed by atoms with van der Waals surface area (Å²) < 4.78 is 0. The number of hydrogen-bond acceptors (Lipinski definition) is 1. The maximum Gasteiger partial charge on any atom is 0.0162 e. The maximum absolute atomic E-state index is 3.36. The third-order valence-corrected chi connectivity index (χ3v) is 2.99. The van der Waals surface area contributed by atoms with Gasteiger partial charge in [0.25, 0.3) is 0 Å². The molecular weight excluding hydrogens is 182 g/mol. The Morgan fingerprint density at radius 2 is 1.80 bits per heavy atom. The Balaban J connectivity index is 2.94. The number of hydrogen-bond donors (Lipinski definition) is 1. The van der Waals surface area contributed by atoms with Crippen LogP contribution in [0.25, 0.3) is 0 Å². The molecule has 0 bridgehead atoms.